The minimum atomic E-state index is -4.69. The van der Waals surface area contributed by atoms with Gasteiger partial charge in [-0.3, -0.25) is 23.9 Å². The van der Waals surface area contributed by atoms with Gasteiger partial charge in [-0.1, -0.05) is 50.6 Å². The number of esters is 1. The summed E-state index contributed by atoms with van der Waals surface area (Å²) in [6.07, 6.45) is 5.26. The predicted octanol–water partition coefficient (Wildman–Crippen LogP) is 6.94. The lowest BCUT2D eigenvalue weighted by Crippen LogP contribution is -2.49. The fourth-order valence-electron chi connectivity index (χ4n) is 8.40. The summed E-state index contributed by atoms with van der Waals surface area (Å²) in [7, 11) is -3.18. The number of ether oxygens (including phenoxy) is 3. The largest absolute Gasteiger partial charge is 0.494 e. The molecule has 0 unspecified atom stereocenters. The van der Waals surface area contributed by atoms with Crippen molar-refractivity contribution < 1.29 is 54.7 Å². The number of alkyl halides is 2. The third-order valence-corrected chi connectivity index (χ3v) is 14.7. The zero-order chi connectivity index (χ0) is 44.9. The van der Waals surface area contributed by atoms with E-state index in [1.165, 1.54) is 18.2 Å². The summed E-state index contributed by atoms with van der Waals surface area (Å²) in [4.78, 5) is 63.4. The highest BCUT2D eigenvalue weighted by Gasteiger charge is 2.63. The molecule has 6 rings (SSSR count). The summed E-state index contributed by atoms with van der Waals surface area (Å²) >= 11 is 0. The number of amides is 2. The number of allylic oxidation sites excluding steroid dienone is 2. The Morgan fingerprint density at radius 1 is 1.12 bits per heavy atom. The van der Waals surface area contributed by atoms with Crippen molar-refractivity contribution in [3.63, 3.8) is 0 Å². The van der Waals surface area contributed by atoms with Gasteiger partial charge >= 0.3 is 5.97 Å². The van der Waals surface area contributed by atoms with Crippen LogP contribution in [-0.2, 0) is 33.9 Å². The van der Waals surface area contributed by atoms with Crippen molar-refractivity contribution in [1.29, 1.82) is 0 Å². The van der Waals surface area contributed by atoms with Crippen molar-refractivity contribution >= 4 is 44.4 Å². The van der Waals surface area contributed by atoms with E-state index in [2.05, 4.69) is 9.71 Å². The van der Waals surface area contributed by atoms with Crippen LogP contribution in [0.1, 0.15) is 110 Å². The number of hydrogen-bond donors (Lipinski definition) is 1. The Bertz CT molecular complexity index is 2180. The van der Waals surface area contributed by atoms with E-state index in [0.29, 0.717) is 49.1 Å². The van der Waals surface area contributed by atoms with E-state index in [1.807, 2.05) is 32.1 Å². The number of Topliss-reactive ketones (excluding diaryl/α,β-unsaturated/α-hetero) is 1. The van der Waals surface area contributed by atoms with Crippen LogP contribution >= 0.6 is 0 Å². The molecule has 2 aliphatic heterocycles. The summed E-state index contributed by atoms with van der Waals surface area (Å²) in [5.74, 6) is -7.83. The number of carbonyl (C=O) groups excluding carboxylic acids is 4. The molecule has 2 saturated carbocycles. The summed E-state index contributed by atoms with van der Waals surface area (Å²) < 4.78 is 97.0. The Morgan fingerprint density at radius 3 is 2.47 bits per heavy atom. The van der Waals surface area contributed by atoms with Gasteiger partial charge in [-0.05, 0) is 83.0 Å². The lowest BCUT2D eigenvalue weighted by atomic mass is 9.79. The molecule has 0 spiro atoms. The topological polar surface area (TPSA) is 158 Å². The highest BCUT2D eigenvalue weighted by atomic mass is 32.2. The number of ketones is 1. The predicted molar refractivity (Wildman–Crippen MR) is 213 cm³/mol. The van der Waals surface area contributed by atoms with Crippen LogP contribution in [0.4, 0.5) is 8.78 Å². The van der Waals surface area contributed by atoms with E-state index in [4.69, 9.17) is 18.3 Å². The molecule has 1 aromatic carbocycles. The minimum Gasteiger partial charge on any atom is -0.494 e. The maximum atomic E-state index is 15.1. The van der Waals surface area contributed by atoms with Crippen molar-refractivity contribution in [2.45, 2.75) is 134 Å². The summed E-state index contributed by atoms with van der Waals surface area (Å²) in [6.45, 7) is 3.70. The SMILES string of the molecule is [2H]C([2H])([2H])C1(S(=O)(=O)NC(=O)[C@]23CC(=O)[C@@H]4C[C@@H](Oc5ncc(OC)c6ccccc56)CN4C(=O)[C@@H](CC(=O)OC(C)(C)C(C)(F)F)[C@H](CC)C[C@@H](C)CC/C=C\[C@@H]2C3)CC1. The molecule has 4 aliphatic rings. The van der Waals surface area contributed by atoms with Gasteiger partial charge in [-0.2, -0.15) is 0 Å². The highest BCUT2D eigenvalue weighted by Crippen LogP contribution is 2.58. The molecular formula is C43H57F2N3O9S. The molecule has 58 heavy (non-hydrogen) atoms. The van der Waals surface area contributed by atoms with Gasteiger partial charge in [0.15, 0.2) is 11.4 Å². The van der Waals surface area contributed by atoms with Gasteiger partial charge in [-0.25, -0.2) is 22.2 Å². The standard InChI is InChI=1S/C43H57F2N3O9S/c1-8-27-19-26(2)13-9-10-14-28-22-43(28,39(52)47-58(53,54)41(5)17-18-41)23-34(49)33-20-29(56-37-31-16-12-11-15-30(31)35(55-7)24-46-37)25-48(33)38(51)32(27)21-36(50)57-40(3,4)42(6,44)45/h10-12,14-16,24,26-29,32-33H,8-9,13,17-23,25H2,1-7H3,(H,47,52)/b14-10-/t26-,27+,28+,29+,32-,33-,43+/m0/s1/i5D3. The van der Waals surface area contributed by atoms with Gasteiger partial charge in [-0.15, -0.1) is 0 Å². The number of nitrogens with zero attached hydrogens (tertiary/aromatic N) is 2. The molecule has 7 atom stereocenters. The second kappa shape index (κ2) is 16.1. The molecule has 2 amide bonds. The van der Waals surface area contributed by atoms with Crippen LogP contribution in [0.2, 0.25) is 0 Å². The minimum absolute atomic E-state index is 0.0241. The maximum Gasteiger partial charge on any atom is 0.307 e. The number of aromatic nitrogens is 1. The fraction of sp³-hybridized carbons (Fsp3) is 0.651. The molecular weight excluding hydrogens is 773 g/mol. The number of sulfonamides is 1. The molecule has 1 saturated heterocycles. The average molecular weight is 833 g/mol. The van der Waals surface area contributed by atoms with Crippen molar-refractivity contribution in [2.24, 2.45) is 29.1 Å². The summed E-state index contributed by atoms with van der Waals surface area (Å²) in [5, 5.41) is 1.31. The number of hydrogen-bond acceptors (Lipinski definition) is 10. The molecule has 0 bridgehead atoms. The molecule has 3 heterocycles. The quantitative estimate of drug-likeness (QED) is 0.186. The lowest BCUT2D eigenvalue weighted by molar-refractivity contribution is -0.197. The van der Waals surface area contributed by atoms with Gasteiger partial charge < -0.3 is 19.1 Å². The fourth-order valence-corrected chi connectivity index (χ4v) is 9.69. The van der Waals surface area contributed by atoms with E-state index in [0.717, 1.165) is 13.8 Å². The Morgan fingerprint density at radius 2 is 1.83 bits per heavy atom. The number of rotatable bonds is 11. The summed E-state index contributed by atoms with van der Waals surface area (Å²) in [6, 6.07) is 6.02. The van der Waals surface area contributed by atoms with Crippen LogP contribution in [0.3, 0.4) is 0 Å². The number of methoxy groups -OCH3 is 1. The first kappa shape index (κ1) is 39.3. The number of pyridine rings is 1. The third-order valence-electron chi connectivity index (χ3n) is 12.8. The second-order valence-electron chi connectivity index (χ2n) is 17.4. The van der Waals surface area contributed by atoms with Crippen LogP contribution in [0.15, 0.2) is 42.6 Å². The molecule has 15 heteroatoms. The van der Waals surface area contributed by atoms with Gasteiger partial charge in [0, 0.05) is 34.7 Å². The average Bonchev–Trinajstić information content (AvgIpc) is 4.09. The molecule has 1 N–H and O–H groups in total. The van der Waals surface area contributed by atoms with Crippen LogP contribution in [-0.4, -0.2) is 83.9 Å². The van der Waals surface area contributed by atoms with Crippen LogP contribution < -0.4 is 14.2 Å². The molecule has 12 nitrogen and oxygen atoms in total. The normalized spacial score (nSPS) is 30.6. The Hall–Kier alpha value is -4.14. The van der Waals surface area contributed by atoms with Crippen LogP contribution in [0.5, 0.6) is 11.6 Å². The molecule has 0 radical (unpaired) electrons. The number of fused-ring (bicyclic) bond motifs is 3. The van der Waals surface area contributed by atoms with Gasteiger partial charge in [0.25, 0.3) is 5.92 Å². The van der Waals surface area contributed by atoms with Crippen molar-refractivity contribution in [1.82, 2.24) is 14.6 Å². The number of benzene rings is 1. The Kier molecular flexibility index (Phi) is 10.9. The Balaban J connectivity index is 1.38. The second-order valence-corrected chi connectivity index (χ2v) is 19.4. The zero-order valence-electron chi connectivity index (χ0n) is 37.0. The first-order valence-electron chi connectivity index (χ1n) is 21.6. The van der Waals surface area contributed by atoms with E-state index in [1.54, 1.807) is 18.2 Å². The van der Waals surface area contributed by atoms with Crippen molar-refractivity contribution in [3.8, 4) is 11.6 Å². The van der Waals surface area contributed by atoms with E-state index in [9.17, 15) is 31.6 Å². The molecule has 2 aromatic rings. The molecule has 2 aliphatic carbocycles. The zero-order valence-corrected chi connectivity index (χ0v) is 34.8. The Labute approximate surface area is 344 Å². The number of carbonyl (C=O) groups is 4. The monoisotopic (exact) mass is 832 g/mol. The summed E-state index contributed by atoms with van der Waals surface area (Å²) in [5.41, 5.74) is -3.73. The highest BCUT2D eigenvalue weighted by molar-refractivity contribution is 7.91. The first-order valence-corrected chi connectivity index (χ1v) is 21.6. The first-order chi connectivity index (χ1) is 28.4. The van der Waals surface area contributed by atoms with Crippen molar-refractivity contribution in [2.75, 3.05) is 13.7 Å². The van der Waals surface area contributed by atoms with Gasteiger partial charge in [0.05, 0.1) is 48.4 Å². The van der Waals surface area contributed by atoms with Gasteiger partial charge in [0.1, 0.15) is 11.9 Å². The smallest absolute Gasteiger partial charge is 0.307 e. The molecule has 1 aromatic heterocycles. The maximum absolute atomic E-state index is 15.1. The van der Waals surface area contributed by atoms with E-state index in [-0.39, 0.29) is 44.0 Å². The van der Waals surface area contributed by atoms with E-state index < -0.39 is 105 Å². The third kappa shape index (κ3) is 8.74. The van der Waals surface area contributed by atoms with Gasteiger partial charge in [0.2, 0.25) is 27.7 Å². The lowest BCUT2D eigenvalue weighted by Gasteiger charge is -2.35. The van der Waals surface area contributed by atoms with Crippen LogP contribution in [0.25, 0.3) is 10.8 Å². The molecule has 318 valence electrons. The molecule has 3 fully saturated rings. The van der Waals surface area contributed by atoms with Crippen molar-refractivity contribution in [3.05, 3.63) is 42.6 Å². The van der Waals surface area contributed by atoms with E-state index >= 15 is 4.79 Å². The number of nitrogens with one attached hydrogen (secondary N) is 1. The number of halogens is 2. The van der Waals surface area contributed by atoms with Crippen LogP contribution in [0, 0.1) is 29.1 Å².